The number of nitrogens with one attached hydrogen (secondary N) is 1. The molecule has 168 valence electrons. The van der Waals surface area contributed by atoms with Crippen LogP contribution in [0.3, 0.4) is 0 Å². The van der Waals surface area contributed by atoms with Crippen molar-refractivity contribution in [2.24, 2.45) is 0 Å². The molecule has 0 spiro atoms. The number of fused-ring (bicyclic) bond motifs is 3. The summed E-state index contributed by atoms with van der Waals surface area (Å²) in [5.74, 6) is 0.169. The van der Waals surface area contributed by atoms with E-state index in [2.05, 4.69) is 11.4 Å². The predicted molar refractivity (Wildman–Crippen MR) is 133 cm³/mol. The molecule has 1 aromatic carbocycles. The second kappa shape index (κ2) is 9.02. The molecule has 0 aliphatic heterocycles. The molecule has 2 heterocycles. The van der Waals surface area contributed by atoms with Gasteiger partial charge in [-0.1, -0.05) is 42.3 Å². The van der Waals surface area contributed by atoms with Gasteiger partial charge in [0.05, 0.1) is 11.1 Å². The van der Waals surface area contributed by atoms with E-state index in [0.29, 0.717) is 5.16 Å². The highest BCUT2D eigenvalue weighted by atomic mass is 32.2. The number of thioether (sulfide) groups is 1. The Bertz CT molecular complexity index is 1240. The highest BCUT2D eigenvalue weighted by Gasteiger charge is 2.27. The van der Waals surface area contributed by atoms with E-state index in [1.54, 1.807) is 11.3 Å². The molecular weight excluding hydrogens is 438 g/mol. The molecule has 7 heteroatoms. The lowest BCUT2D eigenvalue weighted by atomic mass is 9.97. The highest BCUT2D eigenvalue weighted by Crippen LogP contribution is 2.37. The van der Waals surface area contributed by atoms with Crippen LogP contribution >= 0.6 is 23.1 Å². The maximum absolute atomic E-state index is 13.7. The Morgan fingerprint density at radius 2 is 1.97 bits per heavy atom. The summed E-state index contributed by atoms with van der Waals surface area (Å²) in [4.78, 5) is 33.6. The second-order valence-corrected chi connectivity index (χ2v) is 11.1. The van der Waals surface area contributed by atoms with Crippen molar-refractivity contribution in [3.63, 3.8) is 0 Å². The molecule has 32 heavy (non-hydrogen) atoms. The molecule has 5 nitrogen and oxygen atoms in total. The van der Waals surface area contributed by atoms with Crippen molar-refractivity contribution in [2.45, 2.75) is 76.4 Å². The maximum atomic E-state index is 13.7. The van der Waals surface area contributed by atoms with Crippen molar-refractivity contribution in [3.8, 4) is 0 Å². The molecule has 1 N–H and O–H groups in total. The molecule has 1 saturated carbocycles. The van der Waals surface area contributed by atoms with Crippen molar-refractivity contribution in [3.05, 3.63) is 50.1 Å². The van der Waals surface area contributed by atoms with Gasteiger partial charge in [0, 0.05) is 16.6 Å². The van der Waals surface area contributed by atoms with E-state index in [1.807, 2.05) is 30.5 Å². The monoisotopic (exact) mass is 467 g/mol. The number of hydrogen-bond acceptors (Lipinski definition) is 5. The van der Waals surface area contributed by atoms with Crippen LogP contribution in [0, 0.1) is 13.8 Å². The number of amides is 1. The standard InChI is InChI=1S/C25H29N3O2S2/c1-15-11-12-19(16(2)13-15)26-21(29)14-31-25-27-23-22(18-9-5-6-10-20(18)32-23)24(30)28(25)17-7-3-4-8-17/h11-13,17H,3-10,14H2,1-2H3,(H,26,29). The number of benzene rings is 1. The molecule has 2 aliphatic rings. The first-order valence-electron chi connectivity index (χ1n) is 11.6. The summed E-state index contributed by atoms with van der Waals surface area (Å²) in [6.45, 7) is 4.04. The Morgan fingerprint density at radius 3 is 2.75 bits per heavy atom. The fourth-order valence-corrected chi connectivity index (χ4v) is 7.22. The quantitative estimate of drug-likeness (QED) is 0.380. The van der Waals surface area contributed by atoms with Crippen molar-refractivity contribution in [1.29, 1.82) is 0 Å². The van der Waals surface area contributed by atoms with Gasteiger partial charge in [0.2, 0.25) is 5.91 Å². The number of rotatable bonds is 5. The first kappa shape index (κ1) is 21.7. The molecule has 0 radical (unpaired) electrons. The van der Waals surface area contributed by atoms with Gasteiger partial charge >= 0.3 is 0 Å². The van der Waals surface area contributed by atoms with Crippen LogP contribution in [0.15, 0.2) is 28.2 Å². The minimum atomic E-state index is -0.0697. The molecule has 0 saturated heterocycles. The lowest BCUT2D eigenvalue weighted by Crippen LogP contribution is -2.27. The number of aryl methyl sites for hydroxylation is 4. The van der Waals surface area contributed by atoms with Gasteiger partial charge in [-0.25, -0.2) is 4.98 Å². The van der Waals surface area contributed by atoms with Gasteiger partial charge in [0.1, 0.15) is 4.83 Å². The molecule has 0 atom stereocenters. The lowest BCUT2D eigenvalue weighted by molar-refractivity contribution is -0.113. The number of carbonyl (C=O) groups excluding carboxylic acids is 1. The number of thiophene rings is 1. The van der Waals surface area contributed by atoms with Crippen molar-refractivity contribution >= 4 is 44.9 Å². The van der Waals surface area contributed by atoms with Gasteiger partial charge in [0.15, 0.2) is 5.16 Å². The summed E-state index contributed by atoms with van der Waals surface area (Å²) in [6, 6.07) is 6.21. The summed E-state index contributed by atoms with van der Waals surface area (Å²) in [5, 5.41) is 4.56. The minimum absolute atomic E-state index is 0.0697. The largest absolute Gasteiger partial charge is 0.325 e. The topological polar surface area (TPSA) is 64.0 Å². The summed E-state index contributed by atoms with van der Waals surface area (Å²) < 4.78 is 1.92. The summed E-state index contributed by atoms with van der Waals surface area (Å²) in [6.07, 6.45) is 8.71. The predicted octanol–water partition coefficient (Wildman–Crippen LogP) is 5.80. The maximum Gasteiger partial charge on any atom is 0.263 e. The minimum Gasteiger partial charge on any atom is -0.325 e. The van der Waals surface area contributed by atoms with E-state index in [0.717, 1.165) is 66.4 Å². The summed E-state index contributed by atoms with van der Waals surface area (Å²) in [5.41, 5.74) is 4.41. The first-order valence-corrected chi connectivity index (χ1v) is 13.4. The SMILES string of the molecule is Cc1ccc(NC(=O)CSc2nc3sc4c(c3c(=O)n2C2CCCC2)CCCC4)c(C)c1. The van der Waals surface area contributed by atoms with Crippen LogP contribution < -0.4 is 10.9 Å². The van der Waals surface area contributed by atoms with E-state index >= 15 is 0 Å². The fraction of sp³-hybridized carbons (Fsp3) is 0.480. The van der Waals surface area contributed by atoms with E-state index in [-0.39, 0.29) is 23.3 Å². The molecule has 0 bridgehead atoms. The van der Waals surface area contributed by atoms with E-state index < -0.39 is 0 Å². The van der Waals surface area contributed by atoms with Crippen molar-refractivity contribution in [2.75, 3.05) is 11.1 Å². The van der Waals surface area contributed by atoms with E-state index in [1.165, 1.54) is 34.2 Å². The summed E-state index contributed by atoms with van der Waals surface area (Å²) >= 11 is 3.07. The van der Waals surface area contributed by atoms with E-state index in [9.17, 15) is 9.59 Å². The van der Waals surface area contributed by atoms with Crippen molar-refractivity contribution < 1.29 is 4.79 Å². The molecule has 3 aromatic rings. The number of carbonyl (C=O) groups is 1. The molecule has 1 fully saturated rings. The Balaban J connectivity index is 1.45. The number of hydrogen-bond donors (Lipinski definition) is 1. The Hall–Kier alpha value is -2.12. The van der Waals surface area contributed by atoms with Gasteiger partial charge < -0.3 is 5.32 Å². The number of aromatic nitrogens is 2. The van der Waals surface area contributed by atoms with Crippen LogP contribution in [-0.2, 0) is 17.6 Å². The van der Waals surface area contributed by atoms with Gasteiger partial charge in [-0.2, -0.15) is 0 Å². The van der Waals surface area contributed by atoms with Gasteiger partial charge in [0.25, 0.3) is 5.56 Å². The van der Waals surface area contributed by atoms with Crippen LogP contribution in [0.4, 0.5) is 5.69 Å². The highest BCUT2D eigenvalue weighted by molar-refractivity contribution is 7.99. The zero-order valence-electron chi connectivity index (χ0n) is 18.7. The van der Waals surface area contributed by atoms with Crippen LogP contribution in [0.25, 0.3) is 10.2 Å². The smallest absolute Gasteiger partial charge is 0.263 e. The Kier molecular flexibility index (Phi) is 6.12. The average molecular weight is 468 g/mol. The van der Waals surface area contributed by atoms with Crippen LogP contribution in [0.5, 0.6) is 0 Å². The third-order valence-electron chi connectivity index (χ3n) is 6.67. The molecular formula is C25H29N3O2S2. The molecule has 1 amide bonds. The zero-order valence-corrected chi connectivity index (χ0v) is 20.3. The molecule has 0 unspecified atom stereocenters. The van der Waals surface area contributed by atoms with Crippen molar-refractivity contribution in [1.82, 2.24) is 9.55 Å². The van der Waals surface area contributed by atoms with Gasteiger partial charge in [-0.05, 0) is 69.6 Å². The fourth-order valence-electron chi connectivity index (χ4n) is 5.06. The molecule has 2 aliphatic carbocycles. The van der Waals surface area contributed by atoms with E-state index in [4.69, 9.17) is 4.98 Å². The average Bonchev–Trinajstić information content (AvgIpc) is 3.42. The van der Waals surface area contributed by atoms with Crippen LogP contribution in [-0.4, -0.2) is 21.2 Å². The second-order valence-electron chi connectivity index (χ2n) is 9.05. The van der Waals surface area contributed by atoms with Gasteiger partial charge in [-0.3, -0.25) is 14.2 Å². The first-order chi connectivity index (χ1) is 15.5. The zero-order chi connectivity index (χ0) is 22.2. The summed E-state index contributed by atoms with van der Waals surface area (Å²) in [7, 11) is 0. The number of nitrogens with zero attached hydrogens (tertiary/aromatic N) is 2. The molecule has 5 rings (SSSR count). The third kappa shape index (κ3) is 4.13. The Morgan fingerprint density at radius 1 is 1.19 bits per heavy atom. The van der Waals surface area contributed by atoms with Crippen LogP contribution in [0.2, 0.25) is 0 Å². The molecule has 2 aromatic heterocycles. The number of anilines is 1. The Labute approximate surface area is 196 Å². The normalized spacial score (nSPS) is 16.4. The van der Waals surface area contributed by atoms with Gasteiger partial charge in [-0.15, -0.1) is 11.3 Å². The lowest BCUT2D eigenvalue weighted by Gasteiger charge is -2.18. The van der Waals surface area contributed by atoms with Crippen LogP contribution in [0.1, 0.15) is 66.1 Å². The third-order valence-corrected chi connectivity index (χ3v) is 8.81.